The minimum atomic E-state index is -4.70. The van der Waals surface area contributed by atoms with Gasteiger partial charge >= 0.3 is 11.7 Å². The molecule has 0 amide bonds. The molecule has 0 bridgehead atoms. The van der Waals surface area contributed by atoms with Gasteiger partial charge in [0, 0.05) is 5.92 Å². The first-order chi connectivity index (χ1) is 15.9. The Morgan fingerprint density at radius 2 is 1.91 bits per heavy atom. The summed E-state index contributed by atoms with van der Waals surface area (Å²) in [7, 11) is -3.69. The number of aromatic nitrogens is 2. The van der Waals surface area contributed by atoms with Crippen LogP contribution in [0, 0.1) is 25.5 Å². The van der Waals surface area contributed by atoms with Crippen molar-refractivity contribution in [2.24, 2.45) is 0 Å². The van der Waals surface area contributed by atoms with Gasteiger partial charge in [0.15, 0.2) is 0 Å². The van der Waals surface area contributed by atoms with E-state index >= 15 is 0 Å². The molecule has 182 valence electrons. The maximum absolute atomic E-state index is 14.8. The normalized spacial score (nSPS) is 13.5. The van der Waals surface area contributed by atoms with E-state index in [0.29, 0.717) is 11.6 Å². The number of esters is 1. The molecule has 0 saturated carbocycles. The minimum absolute atomic E-state index is 0.147. The maximum atomic E-state index is 14.8. The molecule has 1 aromatic heterocycles. The molecular formula is C21H20ClF2N3O6S. The van der Waals surface area contributed by atoms with Gasteiger partial charge in [-0.15, -0.1) is 5.10 Å². The minimum Gasteiger partial charge on any atom is -0.465 e. The summed E-state index contributed by atoms with van der Waals surface area (Å²) in [6, 6.07) is 2.73. The topological polar surface area (TPSA) is 131 Å². The Kier molecular flexibility index (Phi) is 7.24. The van der Waals surface area contributed by atoms with Crippen molar-refractivity contribution in [1.29, 1.82) is 0 Å². The van der Waals surface area contributed by atoms with Gasteiger partial charge < -0.3 is 9.15 Å². The van der Waals surface area contributed by atoms with E-state index in [9.17, 15) is 26.8 Å². The standard InChI is InChI=1S/C21H20ClF2N3O6S/c1-9-5-6-14(23)17(10(9)2)11(3)18(19-25-26-21(29)33-19)27-34(30,31)16-8-15(24)13(22)7-12(16)20(28)32-4/h5-8,11,18,27H,1-4H3,(H,26,29)/t11-,18+/m1/s1. The first-order valence-electron chi connectivity index (χ1n) is 9.78. The second kappa shape index (κ2) is 9.65. The fourth-order valence-electron chi connectivity index (χ4n) is 3.52. The van der Waals surface area contributed by atoms with Crippen molar-refractivity contribution < 1.29 is 31.1 Å². The van der Waals surface area contributed by atoms with Crippen LogP contribution in [0.5, 0.6) is 0 Å². The van der Waals surface area contributed by atoms with E-state index in [0.717, 1.165) is 18.7 Å². The highest BCUT2D eigenvalue weighted by atomic mass is 35.5. The maximum Gasteiger partial charge on any atom is 0.434 e. The molecule has 0 radical (unpaired) electrons. The van der Waals surface area contributed by atoms with Crippen LogP contribution in [0.25, 0.3) is 0 Å². The number of H-pyrrole nitrogens is 1. The molecule has 13 heteroatoms. The third-order valence-corrected chi connectivity index (χ3v) is 7.18. The van der Waals surface area contributed by atoms with E-state index in [1.165, 1.54) is 13.0 Å². The van der Waals surface area contributed by atoms with Crippen LogP contribution in [0.1, 0.15) is 51.8 Å². The second-order valence-electron chi connectivity index (χ2n) is 7.50. The van der Waals surface area contributed by atoms with Crippen molar-refractivity contribution >= 4 is 27.6 Å². The van der Waals surface area contributed by atoms with Crippen molar-refractivity contribution in [1.82, 2.24) is 14.9 Å². The molecular weight excluding hydrogens is 496 g/mol. The number of nitrogens with one attached hydrogen (secondary N) is 2. The molecule has 2 atom stereocenters. The first kappa shape index (κ1) is 25.5. The zero-order valence-electron chi connectivity index (χ0n) is 18.4. The summed E-state index contributed by atoms with van der Waals surface area (Å²) in [5, 5.41) is 5.21. The van der Waals surface area contributed by atoms with Gasteiger partial charge in [-0.05, 0) is 48.7 Å². The number of hydrogen-bond acceptors (Lipinski definition) is 7. The van der Waals surface area contributed by atoms with Crippen molar-refractivity contribution in [2.45, 2.75) is 37.6 Å². The first-order valence-corrected chi connectivity index (χ1v) is 11.6. The molecule has 0 fully saturated rings. The number of sulfonamides is 1. The monoisotopic (exact) mass is 515 g/mol. The number of halogens is 3. The number of aromatic amines is 1. The summed E-state index contributed by atoms with van der Waals surface area (Å²) in [4.78, 5) is 23.0. The number of ether oxygens (including phenoxy) is 1. The van der Waals surface area contributed by atoms with E-state index in [-0.39, 0.29) is 5.56 Å². The molecule has 0 saturated heterocycles. The molecule has 0 spiro atoms. The fourth-order valence-corrected chi connectivity index (χ4v) is 5.14. The lowest BCUT2D eigenvalue weighted by molar-refractivity contribution is 0.0596. The number of hydrogen-bond donors (Lipinski definition) is 2. The van der Waals surface area contributed by atoms with E-state index < -0.39 is 66.7 Å². The van der Waals surface area contributed by atoms with Gasteiger partial charge in [0.05, 0.1) is 22.6 Å². The third-order valence-electron chi connectivity index (χ3n) is 5.41. The Balaban J connectivity index is 2.17. The van der Waals surface area contributed by atoms with Crippen LogP contribution in [0.3, 0.4) is 0 Å². The van der Waals surface area contributed by atoms with Gasteiger partial charge in [0.2, 0.25) is 15.9 Å². The molecule has 0 aliphatic heterocycles. The average molecular weight is 516 g/mol. The van der Waals surface area contributed by atoms with Crippen LogP contribution in [0.2, 0.25) is 5.02 Å². The number of nitrogens with zero attached hydrogens (tertiary/aromatic N) is 1. The molecule has 34 heavy (non-hydrogen) atoms. The summed E-state index contributed by atoms with van der Waals surface area (Å²) in [6.45, 7) is 4.90. The van der Waals surface area contributed by atoms with E-state index in [2.05, 4.69) is 14.6 Å². The van der Waals surface area contributed by atoms with Gasteiger partial charge in [-0.25, -0.2) is 31.9 Å². The predicted octanol–water partition coefficient (Wildman–Crippen LogP) is 3.52. The molecule has 9 nitrogen and oxygen atoms in total. The number of benzene rings is 2. The van der Waals surface area contributed by atoms with Crippen molar-refractivity contribution in [3.63, 3.8) is 0 Å². The molecule has 2 N–H and O–H groups in total. The summed E-state index contributed by atoms with van der Waals surface area (Å²) in [6.07, 6.45) is 0. The van der Waals surface area contributed by atoms with Crippen LogP contribution in [0.4, 0.5) is 8.78 Å². The van der Waals surface area contributed by atoms with Crippen LogP contribution >= 0.6 is 11.6 Å². The fraction of sp³-hybridized carbons (Fsp3) is 0.286. The summed E-state index contributed by atoms with van der Waals surface area (Å²) < 4.78 is 67.4. The lowest BCUT2D eigenvalue weighted by atomic mass is 9.88. The van der Waals surface area contributed by atoms with Crippen molar-refractivity contribution in [2.75, 3.05) is 7.11 Å². The summed E-state index contributed by atoms with van der Waals surface area (Å²) >= 11 is 5.72. The smallest absolute Gasteiger partial charge is 0.434 e. The molecule has 3 rings (SSSR count). The average Bonchev–Trinajstić information content (AvgIpc) is 3.21. The quantitative estimate of drug-likeness (QED) is 0.460. The SMILES string of the molecule is COC(=O)c1cc(Cl)c(F)cc1S(=O)(=O)N[C@H](c1n[nH]c(=O)o1)[C@H](C)c1c(F)ccc(C)c1C. The Hall–Kier alpha value is -3.09. The number of carbonyl (C=O) groups excluding carboxylic acids is 1. The van der Waals surface area contributed by atoms with Gasteiger partial charge in [-0.3, -0.25) is 0 Å². The molecule has 0 aliphatic rings. The van der Waals surface area contributed by atoms with Crippen molar-refractivity contribution in [3.05, 3.63) is 79.6 Å². The largest absolute Gasteiger partial charge is 0.465 e. The lowest BCUT2D eigenvalue weighted by Gasteiger charge is -2.25. The predicted molar refractivity (Wildman–Crippen MR) is 117 cm³/mol. The molecule has 3 aromatic rings. The number of methoxy groups -OCH3 is 1. The van der Waals surface area contributed by atoms with E-state index in [1.54, 1.807) is 19.9 Å². The summed E-state index contributed by atoms with van der Waals surface area (Å²) in [5.41, 5.74) is 0.895. The molecule has 0 unspecified atom stereocenters. The van der Waals surface area contributed by atoms with Gasteiger partial charge in [-0.1, -0.05) is 24.6 Å². The highest BCUT2D eigenvalue weighted by Gasteiger charge is 2.35. The molecule has 0 aliphatic carbocycles. The highest BCUT2D eigenvalue weighted by Crippen LogP contribution is 2.36. The zero-order valence-corrected chi connectivity index (χ0v) is 20.0. The van der Waals surface area contributed by atoms with Crippen LogP contribution in [0.15, 0.2) is 38.4 Å². The molecule has 1 heterocycles. The van der Waals surface area contributed by atoms with E-state index in [4.69, 9.17) is 16.0 Å². The van der Waals surface area contributed by atoms with E-state index in [1.807, 2.05) is 5.10 Å². The van der Waals surface area contributed by atoms with Crippen molar-refractivity contribution in [3.8, 4) is 0 Å². The lowest BCUT2D eigenvalue weighted by Crippen LogP contribution is -2.34. The number of rotatable bonds is 7. The van der Waals surface area contributed by atoms with Crippen LogP contribution < -0.4 is 10.5 Å². The zero-order chi connectivity index (χ0) is 25.4. The molecule has 2 aromatic carbocycles. The second-order valence-corrected chi connectivity index (χ2v) is 9.59. The van der Waals surface area contributed by atoms with Gasteiger partial charge in [0.25, 0.3) is 0 Å². The number of aryl methyl sites for hydroxylation is 1. The number of carbonyl (C=O) groups is 1. The van der Waals surface area contributed by atoms with Gasteiger partial charge in [0.1, 0.15) is 17.7 Å². The third kappa shape index (κ3) is 4.88. The highest BCUT2D eigenvalue weighted by molar-refractivity contribution is 7.89. The Morgan fingerprint density at radius 3 is 2.50 bits per heavy atom. The van der Waals surface area contributed by atoms with Crippen LogP contribution in [-0.4, -0.2) is 31.7 Å². The Bertz CT molecular complexity index is 1420. The van der Waals surface area contributed by atoms with Crippen LogP contribution in [-0.2, 0) is 14.8 Å². The Morgan fingerprint density at radius 1 is 1.24 bits per heavy atom. The summed E-state index contributed by atoms with van der Waals surface area (Å²) in [5.74, 6) is -5.13. The van der Waals surface area contributed by atoms with Gasteiger partial charge in [-0.2, -0.15) is 4.72 Å². The Labute approximate surface area is 198 Å².